The first-order chi connectivity index (χ1) is 11.4. The molecule has 0 atom stereocenters. The Kier molecular flexibility index (Phi) is 5.76. The SMILES string of the molecule is CN(Cc1ccccc1F)C(=O)CNc1cccc(Cl)c1C(N)=O. The molecular weight excluding hydrogens is 333 g/mol. The van der Waals surface area contributed by atoms with Crippen LogP contribution in [0.3, 0.4) is 0 Å². The van der Waals surface area contributed by atoms with Crippen LogP contribution in [0.1, 0.15) is 15.9 Å². The van der Waals surface area contributed by atoms with Crippen molar-refractivity contribution in [3.05, 3.63) is 64.4 Å². The van der Waals surface area contributed by atoms with E-state index in [0.29, 0.717) is 11.3 Å². The van der Waals surface area contributed by atoms with E-state index in [9.17, 15) is 14.0 Å². The zero-order valence-electron chi connectivity index (χ0n) is 13.1. The van der Waals surface area contributed by atoms with Gasteiger partial charge >= 0.3 is 0 Å². The Morgan fingerprint density at radius 1 is 1.21 bits per heavy atom. The number of nitrogens with one attached hydrogen (secondary N) is 1. The third-order valence-corrected chi connectivity index (χ3v) is 3.80. The van der Waals surface area contributed by atoms with Crippen molar-refractivity contribution >= 4 is 29.1 Å². The standard InChI is InChI=1S/C17H17ClFN3O2/c1-22(10-11-5-2-3-7-13(11)19)15(23)9-21-14-8-4-6-12(18)16(14)17(20)24/h2-8,21H,9-10H2,1H3,(H2,20,24). The third-order valence-electron chi connectivity index (χ3n) is 3.48. The molecular formula is C17H17ClFN3O2. The first-order valence-corrected chi connectivity index (χ1v) is 7.57. The molecule has 0 radical (unpaired) electrons. The maximum atomic E-state index is 13.6. The number of likely N-dealkylation sites (N-methyl/N-ethyl adjacent to an activating group) is 1. The van der Waals surface area contributed by atoms with Crippen LogP contribution in [0, 0.1) is 5.82 Å². The molecule has 0 bridgehead atoms. The van der Waals surface area contributed by atoms with E-state index in [2.05, 4.69) is 5.32 Å². The largest absolute Gasteiger partial charge is 0.375 e. The van der Waals surface area contributed by atoms with E-state index in [1.807, 2.05) is 0 Å². The number of halogens is 2. The van der Waals surface area contributed by atoms with Crippen molar-refractivity contribution in [2.75, 3.05) is 18.9 Å². The zero-order valence-corrected chi connectivity index (χ0v) is 13.8. The summed E-state index contributed by atoms with van der Waals surface area (Å²) in [5.41, 5.74) is 6.23. The zero-order chi connectivity index (χ0) is 17.7. The van der Waals surface area contributed by atoms with Crippen LogP contribution in [0.4, 0.5) is 10.1 Å². The van der Waals surface area contributed by atoms with Crippen molar-refractivity contribution in [1.82, 2.24) is 4.90 Å². The van der Waals surface area contributed by atoms with Gasteiger partial charge < -0.3 is 16.0 Å². The van der Waals surface area contributed by atoms with Crippen LogP contribution in [0.25, 0.3) is 0 Å². The van der Waals surface area contributed by atoms with Crippen molar-refractivity contribution in [2.45, 2.75) is 6.54 Å². The highest BCUT2D eigenvalue weighted by Gasteiger charge is 2.15. The van der Waals surface area contributed by atoms with E-state index in [0.717, 1.165) is 0 Å². The average Bonchev–Trinajstić information content (AvgIpc) is 2.54. The smallest absolute Gasteiger partial charge is 0.252 e. The number of hydrogen-bond donors (Lipinski definition) is 2. The van der Waals surface area contributed by atoms with Gasteiger partial charge in [0.2, 0.25) is 5.91 Å². The lowest BCUT2D eigenvalue weighted by atomic mass is 10.1. The fraction of sp³-hybridized carbons (Fsp3) is 0.176. The first-order valence-electron chi connectivity index (χ1n) is 7.19. The summed E-state index contributed by atoms with van der Waals surface area (Å²) in [5.74, 6) is -1.32. The van der Waals surface area contributed by atoms with Crippen LogP contribution in [0.5, 0.6) is 0 Å². The van der Waals surface area contributed by atoms with Crippen molar-refractivity contribution in [3.8, 4) is 0 Å². The van der Waals surface area contributed by atoms with Gasteiger partial charge in [0.05, 0.1) is 17.1 Å². The fourth-order valence-electron chi connectivity index (χ4n) is 2.20. The number of amides is 2. The van der Waals surface area contributed by atoms with Gasteiger partial charge in [-0.05, 0) is 18.2 Å². The number of anilines is 1. The summed E-state index contributed by atoms with van der Waals surface area (Å²) in [6.45, 7) is 0.0665. The highest BCUT2D eigenvalue weighted by atomic mass is 35.5. The van der Waals surface area contributed by atoms with Gasteiger partial charge in [-0.1, -0.05) is 35.9 Å². The van der Waals surface area contributed by atoms with Gasteiger partial charge in [0.25, 0.3) is 5.91 Å². The Morgan fingerprint density at radius 3 is 2.58 bits per heavy atom. The lowest BCUT2D eigenvalue weighted by Crippen LogP contribution is -2.32. The van der Waals surface area contributed by atoms with E-state index in [1.54, 1.807) is 43.4 Å². The molecule has 2 amide bonds. The van der Waals surface area contributed by atoms with Gasteiger partial charge in [-0.3, -0.25) is 9.59 Å². The summed E-state index contributed by atoms with van der Waals surface area (Å²) in [6, 6.07) is 11.1. The monoisotopic (exact) mass is 349 g/mol. The summed E-state index contributed by atoms with van der Waals surface area (Å²) >= 11 is 5.95. The minimum Gasteiger partial charge on any atom is -0.375 e. The number of primary amides is 1. The predicted octanol–water partition coefficient (Wildman–Crippen LogP) is 2.65. The minimum absolute atomic E-state index is 0.0778. The molecule has 0 heterocycles. The second-order valence-corrected chi connectivity index (χ2v) is 5.63. The molecule has 24 heavy (non-hydrogen) atoms. The Hall–Kier alpha value is -2.60. The molecule has 0 spiro atoms. The molecule has 0 fully saturated rings. The molecule has 2 rings (SSSR count). The summed E-state index contributed by atoms with van der Waals surface area (Å²) in [7, 11) is 1.57. The molecule has 0 aliphatic rings. The molecule has 0 unspecified atom stereocenters. The highest BCUT2D eigenvalue weighted by molar-refractivity contribution is 6.34. The topological polar surface area (TPSA) is 75.4 Å². The molecule has 5 nitrogen and oxygen atoms in total. The second-order valence-electron chi connectivity index (χ2n) is 5.22. The van der Waals surface area contributed by atoms with Crippen molar-refractivity contribution < 1.29 is 14.0 Å². The van der Waals surface area contributed by atoms with E-state index in [4.69, 9.17) is 17.3 Å². The van der Waals surface area contributed by atoms with Crippen LogP contribution in [-0.2, 0) is 11.3 Å². The van der Waals surface area contributed by atoms with E-state index in [-0.39, 0.29) is 35.4 Å². The second kappa shape index (κ2) is 7.79. The molecule has 2 aromatic rings. The number of nitrogens with zero attached hydrogens (tertiary/aromatic N) is 1. The van der Waals surface area contributed by atoms with Crippen LogP contribution in [-0.4, -0.2) is 30.3 Å². The maximum Gasteiger partial charge on any atom is 0.252 e. The van der Waals surface area contributed by atoms with E-state index < -0.39 is 5.91 Å². The van der Waals surface area contributed by atoms with Crippen molar-refractivity contribution in [1.29, 1.82) is 0 Å². The number of rotatable bonds is 6. The van der Waals surface area contributed by atoms with Gasteiger partial charge in [0.1, 0.15) is 5.82 Å². The normalized spacial score (nSPS) is 10.3. The summed E-state index contributed by atoms with van der Waals surface area (Å²) < 4.78 is 13.6. The van der Waals surface area contributed by atoms with Gasteiger partial charge in [0, 0.05) is 24.8 Å². The fourth-order valence-corrected chi connectivity index (χ4v) is 2.47. The summed E-state index contributed by atoms with van der Waals surface area (Å²) in [6.07, 6.45) is 0. The van der Waals surface area contributed by atoms with Crippen LogP contribution >= 0.6 is 11.6 Å². The molecule has 0 saturated heterocycles. The summed E-state index contributed by atoms with van der Waals surface area (Å²) in [5, 5.41) is 3.05. The number of hydrogen-bond acceptors (Lipinski definition) is 3. The highest BCUT2D eigenvalue weighted by Crippen LogP contribution is 2.23. The molecule has 0 saturated carbocycles. The molecule has 0 aliphatic carbocycles. The van der Waals surface area contributed by atoms with Gasteiger partial charge in [0.15, 0.2) is 0 Å². The number of benzene rings is 2. The maximum absolute atomic E-state index is 13.6. The lowest BCUT2D eigenvalue weighted by Gasteiger charge is -2.19. The van der Waals surface area contributed by atoms with Gasteiger partial charge in [-0.25, -0.2) is 4.39 Å². The van der Waals surface area contributed by atoms with E-state index >= 15 is 0 Å². The van der Waals surface area contributed by atoms with E-state index in [1.165, 1.54) is 11.0 Å². The van der Waals surface area contributed by atoms with Crippen LogP contribution < -0.4 is 11.1 Å². The molecule has 3 N–H and O–H groups in total. The minimum atomic E-state index is -0.685. The number of carbonyl (C=O) groups excluding carboxylic acids is 2. The van der Waals surface area contributed by atoms with Gasteiger partial charge in [-0.15, -0.1) is 0 Å². The Morgan fingerprint density at radius 2 is 1.92 bits per heavy atom. The first kappa shape index (κ1) is 17.7. The Labute approximate surface area is 144 Å². The third kappa shape index (κ3) is 4.23. The Bertz CT molecular complexity index is 767. The van der Waals surface area contributed by atoms with Crippen LogP contribution in [0.15, 0.2) is 42.5 Å². The number of carbonyl (C=O) groups is 2. The lowest BCUT2D eigenvalue weighted by molar-refractivity contribution is -0.128. The molecule has 0 aliphatic heterocycles. The Balaban J connectivity index is 2.02. The summed E-state index contributed by atoms with van der Waals surface area (Å²) in [4.78, 5) is 25.0. The molecule has 7 heteroatoms. The molecule has 0 aromatic heterocycles. The quantitative estimate of drug-likeness (QED) is 0.841. The average molecular weight is 350 g/mol. The number of nitrogens with two attached hydrogens (primary N) is 1. The molecule has 126 valence electrons. The van der Waals surface area contributed by atoms with Crippen LogP contribution in [0.2, 0.25) is 5.02 Å². The predicted molar refractivity (Wildman–Crippen MR) is 91.3 cm³/mol. The van der Waals surface area contributed by atoms with Gasteiger partial charge in [-0.2, -0.15) is 0 Å². The van der Waals surface area contributed by atoms with Crippen molar-refractivity contribution in [2.24, 2.45) is 5.73 Å². The molecule has 2 aromatic carbocycles. The van der Waals surface area contributed by atoms with Crippen molar-refractivity contribution in [3.63, 3.8) is 0 Å².